The number of carboxylic acids is 1. The van der Waals surface area contributed by atoms with Gasteiger partial charge in [0.05, 0.1) is 0 Å². The Labute approximate surface area is 64.9 Å². The first kappa shape index (κ1) is 9.68. The van der Waals surface area contributed by atoms with E-state index in [1.807, 2.05) is 0 Å². The molecule has 0 saturated heterocycles. The van der Waals surface area contributed by atoms with Crippen molar-refractivity contribution in [3.8, 4) is 0 Å². The zero-order valence-corrected chi connectivity index (χ0v) is 6.55. The van der Waals surface area contributed by atoms with Gasteiger partial charge in [0.15, 0.2) is 0 Å². The van der Waals surface area contributed by atoms with Gasteiger partial charge < -0.3 is 10.4 Å². The summed E-state index contributed by atoms with van der Waals surface area (Å²) in [5.41, 5.74) is -0.288. The molecule has 0 fully saturated rings. The van der Waals surface area contributed by atoms with Crippen molar-refractivity contribution in [2.24, 2.45) is 5.92 Å². The molecule has 0 aromatic heterocycles. The van der Waals surface area contributed by atoms with Crippen LogP contribution in [0.3, 0.4) is 0 Å². The van der Waals surface area contributed by atoms with Crippen LogP contribution in [0.2, 0.25) is 0 Å². The van der Waals surface area contributed by atoms with E-state index in [1.54, 1.807) is 13.8 Å². The van der Waals surface area contributed by atoms with Crippen molar-refractivity contribution in [2.75, 3.05) is 0 Å². The highest BCUT2D eigenvalue weighted by atomic mass is 16.4. The van der Waals surface area contributed by atoms with Gasteiger partial charge in [-0.3, -0.25) is 4.79 Å². The van der Waals surface area contributed by atoms with Crippen LogP contribution in [-0.2, 0) is 9.59 Å². The lowest BCUT2D eigenvalue weighted by Gasteiger charge is -2.05. The van der Waals surface area contributed by atoms with Gasteiger partial charge in [-0.25, -0.2) is 4.79 Å². The molecule has 2 N–H and O–H groups in total. The number of hydrogen-bond acceptors (Lipinski definition) is 2. The molecule has 0 aliphatic carbocycles. The molecule has 0 spiro atoms. The Kier molecular flexibility index (Phi) is 3.30. The molecule has 0 bridgehead atoms. The quantitative estimate of drug-likeness (QED) is 0.581. The highest BCUT2D eigenvalue weighted by Gasteiger charge is 2.10. The first-order chi connectivity index (χ1) is 4.95. The number of amides is 1. The molecule has 0 unspecified atom stereocenters. The van der Waals surface area contributed by atoms with Crippen LogP contribution in [0, 0.1) is 5.92 Å². The SMILES string of the molecule is C=C(NC(=O)C(C)C)C(=O)O. The van der Waals surface area contributed by atoms with E-state index < -0.39 is 5.97 Å². The van der Waals surface area contributed by atoms with Crippen molar-refractivity contribution in [3.05, 3.63) is 12.3 Å². The minimum absolute atomic E-state index is 0.230. The molecule has 0 aromatic carbocycles. The monoisotopic (exact) mass is 157 g/mol. The van der Waals surface area contributed by atoms with E-state index in [0.717, 1.165) is 0 Å². The van der Waals surface area contributed by atoms with E-state index in [1.165, 1.54) is 0 Å². The van der Waals surface area contributed by atoms with E-state index in [2.05, 4.69) is 11.9 Å². The number of hydrogen-bond donors (Lipinski definition) is 2. The number of carbonyl (C=O) groups is 2. The van der Waals surface area contributed by atoms with Gasteiger partial charge >= 0.3 is 5.97 Å². The second-order valence-electron chi connectivity index (χ2n) is 2.43. The number of carbonyl (C=O) groups excluding carboxylic acids is 1. The molecule has 1 amide bonds. The molecule has 0 heterocycles. The van der Waals surface area contributed by atoms with Gasteiger partial charge in [-0.2, -0.15) is 0 Å². The lowest BCUT2D eigenvalue weighted by molar-refractivity contribution is -0.135. The molecule has 0 aromatic rings. The van der Waals surface area contributed by atoms with E-state index in [-0.39, 0.29) is 17.5 Å². The maximum atomic E-state index is 10.8. The second kappa shape index (κ2) is 3.75. The number of nitrogens with one attached hydrogen (secondary N) is 1. The average Bonchev–Trinajstić information content (AvgIpc) is 1.87. The van der Waals surface area contributed by atoms with Crippen molar-refractivity contribution in [1.29, 1.82) is 0 Å². The standard InChI is InChI=1S/C7H11NO3/c1-4(2)6(9)8-5(3)7(10)11/h4H,3H2,1-2H3,(H,8,9)(H,10,11). The average molecular weight is 157 g/mol. The summed E-state index contributed by atoms with van der Waals surface area (Å²) >= 11 is 0. The Morgan fingerprint density at radius 3 is 2.18 bits per heavy atom. The van der Waals surface area contributed by atoms with Gasteiger partial charge in [0.1, 0.15) is 5.70 Å². The predicted octanol–water partition coefficient (Wildman–Crippen LogP) is 0.357. The molecular weight excluding hydrogens is 146 g/mol. The first-order valence-electron chi connectivity index (χ1n) is 3.18. The zero-order valence-electron chi connectivity index (χ0n) is 6.55. The highest BCUT2D eigenvalue weighted by molar-refractivity contribution is 5.92. The van der Waals surface area contributed by atoms with Crippen LogP contribution >= 0.6 is 0 Å². The summed E-state index contributed by atoms with van der Waals surface area (Å²) in [6, 6.07) is 0. The maximum absolute atomic E-state index is 10.8. The van der Waals surface area contributed by atoms with Gasteiger partial charge in [0.25, 0.3) is 0 Å². The van der Waals surface area contributed by atoms with Crippen LogP contribution in [0.15, 0.2) is 12.3 Å². The molecule has 0 atom stereocenters. The van der Waals surface area contributed by atoms with Gasteiger partial charge in [0, 0.05) is 5.92 Å². The Bertz CT molecular complexity index is 196. The van der Waals surface area contributed by atoms with Crippen LogP contribution in [0.25, 0.3) is 0 Å². The van der Waals surface area contributed by atoms with Crippen LogP contribution in [0.5, 0.6) is 0 Å². The molecule has 62 valence electrons. The molecule has 0 aliphatic rings. The smallest absolute Gasteiger partial charge is 0.351 e. The van der Waals surface area contributed by atoms with Crippen molar-refractivity contribution in [2.45, 2.75) is 13.8 Å². The topological polar surface area (TPSA) is 66.4 Å². The lowest BCUT2D eigenvalue weighted by Crippen LogP contribution is -2.29. The third-order valence-electron chi connectivity index (χ3n) is 1.06. The van der Waals surface area contributed by atoms with E-state index >= 15 is 0 Å². The van der Waals surface area contributed by atoms with E-state index in [0.29, 0.717) is 0 Å². The Morgan fingerprint density at radius 1 is 1.45 bits per heavy atom. The normalized spacial score (nSPS) is 9.36. The summed E-state index contributed by atoms with van der Waals surface area (Å²) in [7, 11) is 0. The lowest BCUT2D eigenvalue weighted by atomic mass is 10.2. The molecular formula is C7H11NO3. The summed E-state index contributed by atoms with van der Waals surface area (Å²) in [6.45, 7) is 6.49. The molecule has 0 rings (SSSR count). The van der Waals surface area contributed by atoms with Gasteiger partial charge in [-0.15, -0.1) is 0 Å². The van der Waals surface area contributed by atoms with Gasteiger partial charge in [0.2, 0.25) is 5.91 Å². The Hall–Kier alpha value is -1.32. The highest BCUT2D eigenvalue weighted by Crippen LogP contribution is 1.93. The molecule has 0 aliphatic heterocycles. The van der Waals surface area contributed by atoms with Crippen LogP contribution in [0.4, 0.5) is 0 Å². The predicted molar refractivity (Wildman–Crippen MR) is 39.8 cm³/mol. The summed E-state index contributed by atoms with van der Waals surface area (Å²) < 4.78 is 0. The van der Waals surface area contributed by atoms with Crippen LogP contribution < -0.4 is 5.32 Å². The van der Waals surface area contributed by atoms with Crippen LogP contribution in [0.1, 0.15) is 13.8 Å². The minimum Gasteiger partial charge on any atom is -0.477 e. The zero-order chi connectivity index (χ0) is 9.02. The molecule has 0 saturated carbocycles. The van der Waals surface area contributed by atoms with Gasteiger partial charge in [-0.1, -0.05) is 20.4 Å². The molecule has 11 heavy (non-hydrogen) atoms. The van der Waals surface area contributed by atoms with Crippen molar-refractivity contribution < 1.29 is 14.7 Å². The Balaban J connectivity index is 3.96. The third-order valence-corrected chi connectivity index (χ3v) is 1.06. The molecule has 0 radical (unpaired) electrons. The third kappa shape index (κ3) is 3.40. The molecule has 4 nitrogen and oxygen atoms in total. The van der Waals surface area contributed by atoms with E-state index in [9.17, 15) is 9.59 Å². The van der Waals surface area contributed by atoms with E-state index in [4.69, 9.17) is 5.11 Å². The first-order valence-corrected chi connectivity index (χ1v) is 3.18. The fourth-order valence-corrected chi connectivity index (χ4v) is 0.347. The summed E-state index contributed by atoms with van der Waals surface area (Å²) in [5, 5.41) is 10.4. The van der Waals surface area contributed by atoms with Crippen molar-refractivity contribution in [1.82, 2.24) is 5.32 Å². The fourth-order valence-electron chi connectivity index (χ4n) is 0.347. The maximum Gasteiger partial charge on any atom is 0.351 e. The van der Waals surface area contributed by atoms with Gasteiger partial charge in [-0.05, 0) is 0 Å². The van der Waals surface area contributed by atoms with Crippen LogP contribution in [-0.4, -0.2) is 17.0 Å². The molecule has 4 heteroatoms. The van der Waals surface area contributed by atoms with Crippen molar-refractivity contribution in [3.63, 3.8) is 0 Å². The van der Waals surface area contributed by atoms with Crippen molar-refractivity contribution >= 4 is 11.9 Å². The largest absolute Gasteiger partial charge is 0.477 e. The summed E-state index contributed by atoms with van der Waals surface area (Å²) in [5.74, 6) is -1.78. The Morgan fingerprint density at radius 2 is 1.91 bits per heavy atom. The number of rotatable bonds is 3. The fraction of sp³-hybridized carbons (Fsp3) is 0.429. The number of carboxylic acid groups (broad SMARTS) is 1. The number of aliphatic carboxylic acids is 1. The summed E-state index contributed by atoms with van der Waals surface area (Å²) in [6.07, 6.45) is 0. The summed E-state index contributed by atoms with van der Waals surface area (Å²) in [4.78, 5) is 21.0. The second-order valence-corrected chi connectivity index (χ2v) is 2.43. The minimum atomic E-state index is -1.21.